The van der Waals surface area contributed by atoms with Gasteiger partial charge >= 0.3 is 5.97 Å². The van der Waals surface area contributed by atoms with Gasteiger partial charge < -0.3 is 24.6 Å². The number of H-pyrrole nitrogens is 1. The summed E-state index contributed by atoms with van der Waals surface area (Å²) in [6.07, 6.45) is 1.58. The molecule has 4 aromatic rings. The molecule has 0 radical (unpaired) electrons. The average Bonchev–Trinajstić information content (AvgIpc) is 3.54. The molecule has 0 fully saturated rings. The number of para-hydroxylation sites is 1. The van der Waals surface area contributed by atoms with Crippen molar-refractivity contribution in [3.63, 3.8) is 0 Å². The summed E-state index contributed by atoms with van der Waals surface area (Å²) >= 11 is 0. The lowest BCUT2D eigenvalue weighted by atomic mass is 10.1. The zero-order valence-corrected chi connectivity index (χ0v) is 18.2. The van der Waals surface area contributed by atoms with Crippen LogP contribution in [0.3, 0.4) is 0 Å². The van der Waals surface area contributed by atoms with Crippen molar-refractivity contribution < 1.29 is 14.6 Å². The van der Waals surface area contributed by atoms with Gasteiger partial charge in [-0.1, -0.05) is 18.2 Å². The molecule has 0 amide bonds. The van der Waals surface area contributed by atoms with E-state index in [0.29, 0.717) is 24.7 Å². The monoisotopic (exact) mass is 445 g/mol. The fraction of sp³-hybridized carbons (Fsp3) is 0.217. The Hall–Kier alpha value is -4.18. The van der Waals surface area contributed by atoms with Crippen LogP contribution in [-0.4, -0.2) is 49.2 Å². The number of benzene rings is 2. The molecule has 0 spiro atoms. The van der Waals surface area contributed by atoms with Crippen molar-refractivity contribution in [2.45, 2.75) is 26.7 Å². The molecule has 0 saturated heterocycles. The largest absolute Gasteiger partial charge is 0.478 e. The second-order valence-corrected chi connectivity index (χ2v) is 7.78. The molecule has 3 N–H and O–H groups in total. The zero-order chi connectivity index (χ0) is 22.9. The van der Waals surface area contributed by atoms with E-state index in [1.165, 1.54) is 0 Å². The molecule has 0 saturated carbocycles. The lowest BCUT2D eigenvalue weighted by molar-refractivity contribution is 0.0694. The van der Waals surface area contributed by atoms with E-state index in [-0.39, 0.29) is 5.56 Å². The van der Waals surface area contributed by atoms with Gasteiger partial charge in [0.25, 0.3) is 0 Å². The first kappa shape index (κ1) is 20.7. The molecule has 168 valence electrons. The minimum absolute atomic E-state index is 0.243. The number of hydrogen-bond acceptors (Lipinski definition) is 7. The lowest BCUT2D eigenvalue weighted by Crippen LogP contribution is -2.38. The van der Waals surface area contributed by atoms with Gasteiger partial charge in [-0.2, -0.15) is 0 Å². The van der Waals surface area contributed by atoms with Crippen molar-refractivity contribution in [1.29, 1.82) is 0 Å². The predicted octanol–water partition coefficient (Wildman–Crippen LogP) is 3.42. The molecule has 2 aromatic heterocycles. The molecule has 3 heterocycles. The summed E-state index contributed by atoms with van der Waals surface area (Å²) in [5, 5.41) is 27.2. The van der Waals surface area contributed by atoms with E-state index in [2.05, 4.69) is 25.9 Å². The number of nitrogens with zero attached hydrogens (tertiary/aromatic N) is 5. The molecule has 1 aliphatic heterocycles. The van der Waals surface area contributed by atoms with Gasteiger partial charge in [-0.25, -0.2) is 9.89 Å². The van der Waals surface area contributed by atoms with E-state index >= 15 is 0 Å². The molecule has 1 atom stereocenters. The maximum absolute atomic E-state index is 11.8. The van der Waals surface area contributed by atoms with Crippen LogP contribution >= 0.6 is 0 Å². The van der Waals surface area contributed by atoms with E-state index in [1.54, 1.807) is 12.1 Å². The number of carboxylic acid groups (broad SMARTS) is 1. The van der Waals surface area contributed by atoms with Gasteiger partial charge in [-0.3, -0.25) is 0 Å². The summed E-state index contributed by atoms with van der Waals surface area (Å²) in [4.78, 5) is 13.8. The Bertz CT molecular complexity index is 1280. The van der Waals surface area contributed by atoms with Crippen molar-refractivity contribution in [3.05, 3.63) is 71.4 Å². The quantitative estimate of drug-likeness (QED) is 0.396. The Morgan fingerprint density at radius 2 is 2.03 bits per heavy atom. The van der Waals surface area contributed by atoms with Crippen molar-refractivity contribution in [2.75, 3.05) is 16.8 Å². The summed E-state index contributed by atoms with van der Waals surface area (Å²) in [6.45, 7) is 4.91. The first-order chi connectivity index (χ1) is 16.0. The van der Waals surface area contributed by atoms with Crippen molar-refractivity contribution in [2.24, 2.45) is 0 Å². The van der Waals surface area contributed by atoms with E-state index in [4.69, 9.17) is 4.74 Å². The second kappa shape index (κ2) is 8.40. The third kappa shape index (κ3) is 3.80. The van der Waals surface area contributed by atoms with Gasteiger partial charge in [-0.15, -0.1) is 5.10 Å². The molecule has 0 bridgehead atoms. The number of ether oxygens (including phenoxy) is 1. The standard InChI is InChI=1S/C23H23N7O3/c1-3-33-23-24-18-6-4-5-17(22(31)32)20(18)30(23)13-15-7-9-16(10-8-15)29-12-14(2)11-19(29)21-25-27-28-26-21/h4-12,23-24H,3,13H2,1-2H3,(H,31,32)(H,25,26,27,28). The van der Waals surface area contributed by atoms with Crippen LogP contribution in [0.2, 0.25) is 0 Å². The van der Waals surface area contributed by atoms with Crippen LogP contribution in [0.1, 0.15) is 28.4 Å². The molecule has 5 rings (SSSR count). The highest BCUT2D eigenvalue weighted by Gasteiger charge is 2.33. The second-order valence-electron chi connectivity index (χ2n) is 7.78. The third-order valence-electron chi connectivity index (χ3n) is 5.55. The maximum Gasteiger partial charge on any atom is 0.337 e. The number of rotatable bonds is 7. The highest BCUT2D eigenvalue weighted by molar-refractivity contribution is 5.99. The number of hydrogen-bond donors (Lipinski definition) is 3. The first-order valence-corrected chi connectivity index (χ1v) is 10.6. The SMILES string of the molecule is CCOC1Nc2cccc(C(=O)O)c2N1Cc1ccc(-n2cc(C)cc2-c2nnn[nH]2)cc1. The highest BCUT2D eigenvalue weighted by Crippen LogP contribution is 2.39. The van der Waals surface area contributed by atoms with E-state index in [9.17, 15) is 9.90 Å². The Balaban J connectivity index is 1.45. The van der Waals surface area contributed by atoms with Gasteiger partial charge in [0.05, 0.1) is 22.6 Å². The smallest absolute Gasteiger partial charge is 0.337 e. The third-order valence-corrected chi connectivity index (χ3v) is 5.55. The normalized spacial score (nSPS) is 14.8. The number of aryl methyl sites for hydroxylation is 1. The first-order valence-electron chi connectivity index (χ1n) is 10.6. The molecule has 2 aromatic carbocycles. The molecule has 10 heteroatoms. The predicted molar refractivity (Wildman–Crippen MR) is 122 cm³/mol. The fourth-order valence-corrected chi connectivity index (χ4v) is 4.14. The fourth-order valence-electron chi connectivity index (χ4n) is 4.14. The van der Waals surface area contributed by atoms with Gasteiger partial charge in [0.1, 0.15) is 0 Å². The number of carboxylic acids is 1. The van der Waals surface area contributed by atoms with Crippen LogP contribution in [0.4, 0.5) is 11.4 Å². The molecule has 1 aliphatic rings. The number of carbonyl (C=O) groups is 1. The van der Waals surface area contributed by atoms with Crippen LogP contribution in [0.25, 0.3) is 17.2 Å². The minimum Gasteiger partial charge on any atom is -0.478 e. The molecular weight excluding hydrogens is 422 g/mol. The van der Waals surface area contributed by atoms with Crippen LogP contribution in [0.5, 0.6) is 0 Å². The number of fused-ring (bicyclic) bond motifs is 1. The maximum atomic E-state index is 11.8. The summed E-state index contributed by atoms with van der Waals surface area (Å²) in [5.74, 6) is -0.378. The Kier molecular flexibility index (Phi) is 5.27. The number of anilines is 2. The molecule has 33 heavy (non-hydrogen) atoms. The van der Waals surface area contributed by atoms with Crippen molar-refractivity contribution >= 4 is 17.3 Å². The topological polar surface area (TPSA) is 121 Å². The zero-order valence-electron chi connectivity index (χ0n) is 18.2. The summed E-state index contributed by atoms with van der Waals surface area (Å²) in [6, 6.07) is 15.3. The van der Waals surface area contributed by atoms with Crippen LogP contribution < -0.4 is 10.2 Å². The van der Waals surface area contributed by atoms with Gasteiger partial charge in [0.15, 0.2) is 5.82 Å². The van der Waals surface area contributed by atoms with Crippen LogP contribution in [0, 0.1) is 6.92 Å². The molecule has 10 nitrogen and oxygen atoms in total. The minimum atomic E-state index is -0.969. The summed E-state index contributed by atoms with van der Waals surface area (Å²) < 4.78 is 7.88. The Morgan fingerprint density at radius 3 is 2.73 bits per heavy atom. The number of aromatic amines is 1. The highest BCUT2D eigenvalue weighted by atomic mass is 16.5. The summed E-state index contributed by atoms with van der Waals surface area (Å²) in [7, 11) is 0. The number of tetrazole rings is 1. The van der Waals surface area contributed by atoms with Crippen LogP contribution in [0.15, 0.2) is 54.7 Å². The molecule has 0 aliphatic carbocycles. The van der Waals surface area contributed by atoms with Gasteiger partial charge in [0.2, 0.25) is 6.35 Å². The number of aromatic nitrogens is 5. The Morgan fingerprint density at radius 1 is 1.21 bits per heavy atom. The van der Waals surface area contributed by atoms with Gasteiger partial charge in [0, 0.05) is 25.0 Å². The lowest BCUT2D eigenvalue weighted by Gasteiger charge is -2.27. The number of aromatic carboxylic acids is 1. The van der Waals surface area contributed by atoms with Crippen LogP contribution in [-0.2, 0) is 11.3 Å². The Labute approximate surface area is 189 Å². The van der Waals surface area contributed by atoms with Crippen molar-refractivity contribution in [1.82, 2.24) is 25.2 Å². The molecular formula is C23H23N7O3. The van der Waals surface area contributed by atoms with E-state index in [0.717, 1.165) is 28.2 Å². The summed E-state index contributed by atoms with van der Waals surface area (Å²) in [5.41, 5.74) is 5.56. The van der Waals surface area contributed by atoms with E-state index in [1.807, 2.05) is 65.9 Å². The average molecular weight is 445 g/mol. The van der Waals surface area contributed by atoms with Gasteiger partial charge in [-0.05, 0) is 65.7 Å². The number of nitrogens with one attached hydrogen (secondary N) is 2. The van der Waals surface area contributed by atoms with E-state index < -0.39 is 12.3 Å². The van der Waals surface area contributed by atoms with Crippen molar-refractivity contribution in [3.8, 4) is 17.2 Å². The molecule has 1 unspecified atom stereocenters.